The van der Waals surface area contributed by atoms with E-state index < -0.39 is 0 Å². The van der Waals surface area contributed by atoms with Gasteiger partial charge in [-0.15, -0.1) is 0 Å². The maximum Gasteiger partial charge on any atom is 0.223 e. The van der Waals surface area contributed by atoms with Crippen LogP contribution in [0.25, 0.3) is 0 Å². The van der Waals surface area contributed by atoms with E-state index in [1.54, 1.807) is 0 Å². The van der Waals surface area contributed by atoms with Gasteiger partial charge in [-0.3, -0.25) is 4.79 Å². The molecule has 0 aromatic carbocycles. The van der Waals surface area contributed by atoms with Crippen LogP contribution in [0, 0.1) is 29.6 Å². The van der Waals surface area contributed by atoms with Gasteiger partial charge in [0.05, 0.1) is 0 Å². The number of nitrogens with two attached hydrogens (primary N) is 1. The van der Waals surface area contributed by atoms with Crippen molar-refractivity contribution >= 4 is 5.91 Å². The zero-order valence-corrected chi connectivity index (χ0v) is 12.4. The molecule has 2 unspecified atom stereocenters. The molecule has 0 aromatic heterocycles. The molecule has 2 bridgehead atoms. The highest BCUT2D eigenvalue weighted by molar-refractivity contribution is 5.79. The number of carbonyl (C=O) groups excluding carboxylic acids is 1. The van der Waals surface area contributed by atoms with E-state index in [2.05, 4.69) is 5.32 Å². The minimum Gasteiger partial charge on any atom is -0.353 e. The molecule has 0 aromatic rings. The van der Waals surface area contributed by atoms with Crippen LogP contribution >= 0.6 is 0 Å². The highest BCUT2D eigenvalue weighted by Gasteiger charge is 2.45. The Kier molecular flexibility index (Phi) is 3.29. The normalized spacial score (nSPS) is 40.7. The first-order valence-electron chi connectivity index (χ1n) is 8.78. The third-order valence-corrected chi connectivity index (χ3v) is 6.35. The van der Waals surface area contributed by atoms with E-state index in [1.807, 2.05) is 0 Å². The fraction of sp³-hybridized carbons (Fsp3) is 0.941. The Morgan fingerprint density at radius 2 is 1.50 bits per heavy atom. The van der Waals surface area contributed by atoms with E-state index in [0.29, 0.717) is 29.8 Å². The molecule has 4 fully saturated rings. The summed E-state index contributed by atoms with van der Waals surface area (Å²) < 4.78 is 0. The van der Waals surface area contributed by atoms with Crippen LogP contribution in [0.5, 0.6) is 0 Å². The quantitative estimate of drug-likeness (QED) is 0.828. The third-order valence-electron chi connectivity index (χ3n) is 6.35. The van der Waals surface area contributed by atoms with Gasteiger partial charge in [-0.05, 0) is 75.0 Å². The van der Waals surface area contributed by atoms with Gasteiger partial charge in [-0.25, -0.2) is 0 Å². The molecule has 112 valence electrons. The average molecular weight is 276 g/mol. The standard InChI is InChI=1S/C17H28N2O/c18-15-12-2-1-3-13(15)9-14(8-12)17(20)19-16(10-4-5-10)11-6-7-11/h10-16H,1-9,18H2,(H,19,20). The van der Waals surface area contributed by atoms with E-state index >= 15 is 0 Å². The van der Waals surface area contributed by atoms with Gasteiger partial charge in [0.1, 0.15) is 0 Å². The van der Waals surface area contributed by atoms with Crippen molar-refractivity contribution in [3.63, 3.8) is 0 Å². The van der Waals surface area contributed by atoms with E-state index in [1.165, 1.54) is 44.9 Å². The van der Waals surface area contributed by atoms with Crippen molar-refractivity contribution in [2.45, 2.75) is 69.9 Å². The Hall–Kier alpha value is -0.570. The van der Waals surface area contributed by atoms with Crippen molar-refractivity contribution in [2.24, 2.45) is 35.3 Å². The van der Waals surface area contributed by atoms with Gasteiger partial charge < -0.3 is 11.1 Å². The summed E-state index contributed by atoms with van der Waals surface area (Å²) in [6, 6.07) is 0.883. The lowest BCUT2D eigenvalue weighted by Crippen LogP contribution is -2.50. The number of amides is 1. The van der Waals surface area contributed by atoms with Crippen LogP contribution in [0.2, 0.25) is 0 Å². The van der Waals surface area contributed by atoms with Gasteiger partial charge in [0.15, 0.2) is 0 Å². The fourth-order valence-electron chi connectivity index (χ4n) is 4.82. The number of carbonyl (C=O) groups is 1. The van der Waals surface area contributed by atoms with E-state index in [0.717, 1.165) is 24.7 Å². The molecule has 0 spiro atoms. The minimum absolute atomic E-state index is 0.255. The molecular formula is C17H28N2O. The van der Waals surface area contributed by atoms with Crippen LogP contribution in [0.1, 0.15) is 57.8 Å². The second kappa shape index (κ2) is 5.01. The van der Waals surface area contributed by atoms with E-state index in [-0.39, 0.29) is 5.92 Å². The molecule has 4 saturated carbocycles. The average Bonchev–Trinajstić information content (AvgIpc) is 3.26. The Balaban J connectivity index is 1.38. The number of nitrogens with one attached hydrogen (secondary N) is 1. The molecular weight excluding hydrogens is 248 g/mol. The summed E-state index contributed by atoms with van der Waals surface area (Å²) in [6.45, 7) is 0. The predicted molar refractivity (Wildman–Crippen MR) is 78.9 cm³/mol. The van der Waals surface area contributed by atoms with Crippen molar-refractivity contribution in [1.29, 1.82) is 0 Å². The Morgan fingerprint density at radius 3 is 2.00 bits per heavy atom. The molecule has 4 rings (SSSR count). The summed E-state index contributed by atoms with van der Waals surface area (Å²) in [5, 5.41) is 3.43. The summed E-state index contributed by atoms with van der Waals surface area (Å²) in [4.78, 5) is 12.7. The number of fused-ring (bicyclic) bond motifs is 2. The van der Waals surface area contributed by atoms with Crippen molar-refractivity contribution in [1.82, 2.24) is 5.32 Å². The fourth-order valence-corrected chi connectivity index (χ4v) is 4.82. The van der Waals surface area contributed by atoms with Gasteiger partial charge in [0.25, 0.3) is 0 Å². The second-order valence-electron chi connectivity index (χ2n) is 7.91. The smallest absolute Gasteiger partial charge is 0.223 e. The first kappa shape index (κ1) is 13.1. The lowest BCUT2D eigenvalue weighted by molar-refractivity contribution is -0.129. The number of hydrogen-bond acceptors (Lipinski definition) is 2. The van der Waals surface area contributed by atoms with Crippen LogP contribution in [-0.4, -0.2) is 18.0 Å². The summed E-state index contributed by atoms with van der Waals surface area (Å²) in [5.74, 6) is 3.44. The van der Waals surface area contributed by atoms with Crippen molar-refractivity contribution in [2.75, 3.05) is 0 Å². The molecule has 0 aliphatic heterocycles. The van der Waals surface area contributed by atoms with Crippen molar-refractivity contribution < 1.29 is 4.79 Å². The summed E-state index contributed by atoms with van der Waals surface area (Å²) in [5.41, 5.74) is 6.33. The van der Waals surface area contributed by atoms with Crippen LogP contribution in [0.4, 0.5) is 0 Å². The van der Waals surface area contributed by atoms with Gasteiger partial charge in [0, 0.05) is 18.0 Å². The third kappa shape index (κ3) is 2.49. The molecule has 3 heteroatoms. The first-order valence-corrected chi connectivity index (χ1v) is 8.78. The van der Waals surface area contributed by atoms with Crippen LogP contribution in [0.15, 0.2) is 0 Å². The summed E-state index contributed by atoms with van der Waals surface area (Å²) in [6.07, 6.45) is 11.3. The highest BCUT2D eigenvalue weighted by atomic mass is 16.2. The Morgan fingerprint density at radius 1 is 0.950 bits per heavy atom. The lowest BCUT2D eigenvalue weighted by atomic mass is 9.65. The maximum atomic E-state index is 12.7. The molecule has 2 atom stereocenters. The van der Waals surface area contributed by atoms with Crippen molar-refractivity contribution in [3.05, 3.63) is 0 Å². The van der Waals surface area contributed by atoms with E-state index in [4.69, 9.17) is 5.73 Å². The molecule has 0 heterocycles. The number of rotatable bonds is 4. The summed E-state index contributed by atoms with van der Waals surface area (Å²) in [7, 11) is 0. The molecule has 20 heavy (non-hydrogen) atoms. The van der Waals surface area contributed by atoms with Gasteiger partial charge in [-0.2, -0.15) is 0 Å². The molecule has 0 radical (unpaired) electrons. The van der Waals surface area contributed by atoms with Crippen LogP contribution < -0.4 is 11.1 Å². The first-order chi connectivity index (χ1) is 9.72. The SMILES string of the molecule is NC1C2CCCC1CC(C(=O)NC(C1CC1)C1CC1)C2. The Labute approximate surface area is 122 Å². The minimum atomic E-state index is 0.255. The second-order valence-corrected chi connectivity index (χ2v) is 7.91. The maximum absolute atomic E-state index is 12.7. The van der Waals surface area contributed by atoms with Gasteiger partial charge >= 0.3 is 0 Å². The predicted octanol–water partition coefficient (Wildman–Crippen LogP) is 2.44. The van der Waals surface area contributed by atoms with E-state index in [9.17, 15) is 4.79 Å². The molecule has 4 aliphatic carbocycles. The largest absolute Gasteiger partial charge is 0.353 e. The van der Waals surface area contributed by atoms with Gasteiger partial charge in [-0.1, -0.05) is 6.42 Å². The van der Waals surface area contributed by atoms with Crippen molar-refractivity contribution in [3.8, 4) is 0 Å². The zero-order valence-electron chi connectivity index (χ0n) is 12.4. The molecule has 0 saturated heterocycles. The molecule has 3 N–H and O–H groups in total. The topological polar surface area (TPSA) is 55.1 Å². The summed E-state index contributed by atoms with van der Waals surface area (Å²) >= 11 is 0. The molecule has 4 aliphatic rings. The van der Waals surface area contributed by atoms with Crippen LogP contribution in [-0.2, 0) is 4.79 Å². The Bertz CT molecular complexity index is 362. The van der Waals surface area contributed by atoms with Crippen LogP contribution in [0.3, 0.4) is 0 Å². The van der Waals surface area contributed by atoms with Gasteiger partial charge in [0.2, 0.25) is 5.91 Å². The lowest BCUT2D eigenvalue weighted by Gasteiger charge is -2.43. The number of hydrogen-bond donors (Lipinski definition) is 2. The molecule has 3 nitrogen and oxygen atoms in total. The molecule has 1 amide bonds. The highest BCUT2D eigenvalue weighted by Crippen LogP contribution is 2.46. The zero-order chi connectivity index (χ0) is 13.7. The monoisotopic (exact) mass is 276 g/mol.